The SMILES string of the molecule is N#C[C@@H]1CCN(C(=O)CC2CC2)C1. The van der Waals surface area contributed by atoms with Crippen LogP contribution in [0.25, 0.3) is 0 Å². The van der Waals surface area contributed by atoms with Gasteiger partial charge >= 0.3 is 0 Å². The van der Waals surface area contributed by atoms with E-state index in [4.69, 9.17) is 5.26 Å². The van der Waals surface area contributed by atoms with Crippen molar-refractivity contribution < 1.29 is 4.79 Å². The maximum absolute atomic E-state index is 11.6. The summed E-state index contributed by atoms with van der Waals surface area (Å²) in [6.07, 6.45) is 4.04. The molecule has 0 bridgehead atoms. The summed E-state index contributed by atoms with van der Waals surface area (Å²) in [4.78, 5) is 13.4. The largest absolute Gasteiger partial charge is 0.341 e. The second kappa shape index (κ2) is 3.37. The first-order valence-corrected chi connectivity index (χ1v) is 4.97. The Bertz CT molecular complexity index is 252. The molecule has 0 N–H and O–H groups in total. The number of carbonyl (C=O) groups excluding carboxylic acids is 1. The second-order valence-corrected chi connectivity index (χ2v) is 4.10. The van der Waals surface area contributed by atoms with E-state index >= 15 is 0 Å². The summed E-state index contributed by atoms with van der Waals surface area (Å²) in [6, 6.07) is 2.22. The minimum absolute atomic E-state index is 0.0863. The van der Waals surface area contributed by atoms with Gasteiger partial charge in [-0.3, -0.25) is 4.79 Å². The molecule has 0 radical (unpaired) electrons. The predicted molar refractivity (Wildman–Crippen MR) is 47.6 cm³/mol. The monoisotopic (exact) mass is 178 g/mol. The minimum Gasteiger partial charge on any atom is -0.341 e. The van der Waals surface area contributed by atoms with Gasteiger partial charge < -0.3 is 4.90 Å². The molecule has 3 heteroatoms. The Hall–Kier alpha value is -1.04. The molecule has 0 aromatic heterocycles. The van der Waals surface area contributed by atoms with Gasteiger partial charge in [0.2, 0.25) is 5.91 Å². The quantitative estimate of drug-likeness (QED) is 0.636. The van der Waals surface area contributed by atoms with Crippen LogP contribution in [0.2, 0.25) is 0 Å². The lowest BCUT2D eigenvalue weighted by Crippen LogP contribution is -2.28. The number of likely N-dealkylation sites (tertiary alicyclic amines) is 1. The Kier molecular flexibility index (Phi) is 2.22. The van der Waals surface area contributed by atoms with Crippen LogP contribution in [0.5, 0.6) is 0 Å². The molecule has 1 aliphatic carbocycles. The molecular weight excluding hydrogens is 164 g/mol. The molecule has 13 heavy (non-hydrogen) atoms. The van der Waals surface area contributed by atoms with Crippen LogP contribution in [0.4, 0.5) is 0 Å². The average Bonchev–Trinajstić information content (AvgIpc) is 2.82. The van der Waals surface area contributed by atoms with Crippen molar-refractivity contribution in [3.05, 3.63) is 0 Å². The van der Waals surface area contributed by atoms with Gasteiger partial charge in [0.1, 0.15) is 0 Å². The molecule has 2 fully saturated rings. The van der Waals surface area contributed by atoms with Crippen molar-refractivity contribution in [2.24, 2.45) is 11.8 Å². The van der Waals surface area contributed by atoms with Crippen LogP contribution in [0.15, 0.2) is 0 Å². The predicted octanol–water partition coefficient (Wildman–Crippen LogP) is 1.16. The molecule has 1 saturated heterocycles. The third kappa shape index (κ3) is 2.00. The highest BCUT2D eigenvalue weighted by Gasteiger charge is 2.30. The molecule has 3 nitrogen and oxygen atoms in total. The lowest BCUT2D eigenvalue weighted by Gasteiger charge is -2.14. The first kappa shape index (κ1) is 8.55. The number of nitrogens with zero attached hydrogens (tertiary/aromatic N) is 2. The van der Waals surface area contributed by atoms with Crippen molar-refractivity contribution in [3.63, 3.8) is 0 Å². The summed E-state index contributed by atoms with van der Waals surface area (Å²) in [5.41, 5.74) is 0. The summed E-state index contributed by atoms with van der Waals surface area (Å²) in [5, 5.41) is 8.67. The smallest absolute Gasteiger partial charge is 0.222 e. The maximum Gasteiger partial charge on any atom is 0.222 e. The van der Waals surface area contributed by atoms with Crippen LogP contribution in [0.3, 0.4) is 0 Å². The van der Waals surface area contributed by atoms with E-state index in [2.05, 4.69) is 6.07 Å². The molecule has 1 saturated carbocycles. The Morgan fingerprint density at radius 2 is 2.23 bits per heavy atom. The zero-order chi connectivity index (χ0) is 9.26. The van der Waals surface area contributed by atoms with Gasteiger partial charge in [0.05, 0.1) is 12.0 Å². The van der Waals surface area contributed by atoms with E-state index in [1.807, 2.05) is 4.90 Å². The molecule has 0 unspecified atom stereocenters. The average molecular weight is 178 g/mol. The molecule has 2 aliphatic rings. The summed E-state index contributed by atoms with van der Waals surface area (Å²) >= 11 is 0. The fourth-order valence-corrected chi connectivity index (χ4v) is 1.79. The molecule has 0 spiro atoms. The van der Waals surface area contributed by atoms with Crippen LogP contribution in [0, 0.1) is 23.2 Å². The van der Waals surface area contributed by atoms with Gasteiger partial charge in [0.15, 0.2) is 0 Å². The van der Waals surface area contributed by atoms with Crippen LogP contribution in [-0.4, -0.2) is 23.9 Å². The zero-order valence-corrected chi connectivity index (χ0v) is 7.70. The summed E-state index contributed by atoms with van der Waals surface area (Å²) in [5.74, 6) is 1.01. The molecule has 1 amide bonds. The van der Waals surface area contributed by atoms with Crippen molar-refractivity contribution in [2.75, 3.05) is 13.1 Å². The maximum atomic E-state index is 11.6. The molecule has 1 aliphatic heterocycles. The number of rotatable bonds is 2. The first-order valence-electron chi connectivity index (χ1n) is 4.97. The van der Waals surface area contributed by atoms with E-state index in [0.29, 0.717) is 12.5 Å². The van der Waals surface area contributed by atoms with Crippen molar-refractivity contribution in [3.8, 4) is 6.07 Å². The number of carbonyl (C=O) groups is 1. The molecule has 2 rings (SSSR count). The first-order chi connectivity index (χ1) is 6.29. The van der Waals surface area contributed by atoms with E-state index in [9.17, 15) is 4.79 Å². The van der Waals surface area contributed by atoms with Gasteiger partial charge in [-0.15, -0.1) is 0 Å². The standard InChI is InChI=1S/C10H14N2O/c11-6-9-3-4-12(7-9)10(13)5-8-1-2-8/h8-9H,1-5,7H2/t9-/m0/s1. The number of hydrogen-bond donors (Lipinski definition) is 0. The Morgan fingerprint density at radius 3 is 2.77 bits per heavy atom. The number of nitriles is 1. The van der Waals surface area contributed by atoms with Crippen molar-refractivity contribution in [2.45, 2.75) is 25.7 Å². The highest BCUT2D eigenvalue weighted by molar-refractivity contribution is 5.77. The van der Waals surface area contributed by atoms with Crippen LogP contribution in [-0.2, 0) is 4.79 Å². The number of amides is 1. The highest BCUT2D eigenvalue weighted by atomic mass is 16.2. The molecular formula is C10H14N2O. The van der Waals surface area contributed by atoms with Gasteiger partial charge in [-0.2, -0.15) is 5.26 Å². The Labute approximate surface area is 78.3 Å². The third-order valence-electron chi connectivity index (χ3n) is 2.88. The summed E-state index contributed by atoms with van der Waals surface area (Å²) < 4.78 is 0. The lowest BCUT2D eigenvalue weighted by molar-refractivity contribution is -0.130. The molecule has 70 valence electrons. The van der Waals surface area contributed by atoms with E-state index in [1.165, 1.54) is 12.8 Å². The van der Waals surface area contributed by atoms with Gasteiger partial charge in [-0.25, -0.2) is 0 Å². The van der Waals surface area contributed by atoms with Crippen molar-refractivity contribution >= 4 is 5.91 Å². The second-order valence-electron chi connectivity index (χ2n) is 4.10. The minimum atomic E-state index is 0.0863. The summed E-state index contributed by atoms with van der Waals surface area (Å²) in [7, 11) is 0. The number of hydrogen-bond acceptors (Lipinski definition) is 2. The van der Waals surface area contributed by atoms with E-state index in [1.54, 1.807) is 0 Å². The van der Waals surface area contributed by atoms with E-state index in [0.717, 1.165) is 19.4 Å². The normalized spacial score (nSPS) is 27.3. The van der Waals surface area contributed by atoms with E-state index < -0.39 is 0 Å². The van der Waals surface area contributed by atoms with Crippen LogP contribution in [0.1, 0.15) is 25.7 Å². The van der Waals surface area contributed by atoms with Gasteiger partial charge in [0.25, 0.3) is 0 Å². The van der Waals surface area contributed by atoms with Crippen molar-refractivity contribution in [1.29, 1.82) is 5.26 Å². The van der Waals surface area contributed by atoms with Gasteiger partial charge in [-0.1, -0.05) is 0 Å². The fraction of sp³-hybridized carbons (Fsp3) is 0.800. The molecule has 1 heterocycles. The zero-order valence-electron chi connectivity index (χ0n) is 7.70. The van der Waals surface area contributed by atoms with Crippen LogP contribution >= 0.6 is 0 Å². The topological polar surface area (TPSA) is 44.1 Å². The van der Waals surface area contributed by atoms with Crippen LogP contribution < -0.4 is 0 Å². The molecule has 0 aromatic carbocycles. The highest BCUT2D eigenvalue weighted by Crippen LogP contribution is 2.33. The summed E-state index contributed by atoms with van der Waals surface area (Å²) in [6.45, 7) is 1.46. The third-order valence-corrected chi connectivity index (χ3v) is 2.88. The van der Waals surface area contributed by atoms with Gasteiger partial charge in [0, 0.05) is 19.5 Å². The molecule has 1 atom stereocenters. The molecule has 0 aromatic rings. The Morgan fingerprint density at radius 1 is 1.46 bits per heavy atom. The lowest BCUT2D eigenvalue weighted by atomic mass is 10.1. The fourth-order valence-electron chi connectivity index (χ4n) is 1.79. The van der Waals surface area contributed by atoms with E-state index in [-0.39, 0.29) is 11.8 Å². The van der Waals surface area contributed by atoms with Crippen molar-refractivity contribution in [1.82, 2.24) is 4.90 Å². The van der Waals surface area contributed by atoms with Gasteiger partial charge in [-0.05, 0) is 25.2 Å². The Balaban J connectivity index is 1.81.